The summed E-state index contributed by atoms with van der Waals surface area (Å²) in [5.41, 5.74) is 1.42. The van der Waals surface area contributed by atoms with Crippen LogP contribution in [0.4, 0.5) is 0 Å². The van der Waals surface area contributed by atoms with Crippen LogP contribution in [0.15, 0.2) is 12.1 Å². The molecule has 1 aromatic rings. The van der Waals surface area contributed by atoms with Gasteiger partial charge in [0, 0.05) is 36.1 Å². The van der Waals surface area contributed by atoms with Gasteiger partial charge in [-0.25, -0.2) is 0 Å². The molecular weight excluding hydrogens is 256 g/mol. The van der Waals surface area contributed by atoms with Crippen molar-refractivity contribution >= 4 is 0 Å². The molecule has 4 heteroatoms. The van der Waals surface area contributed by atoms with E-state index in [2.05, 4.69) is 23.7 Å². The molecule has 106 valence electrons. The minimum atomic E-state index is 0.0197. The van der Waals surface area contributed by atoms with Crippen molar-refractivity contribution in [2.75, 3.05) is 27.4 Å². The van der Waals surface area contributed by atoms with E-state index in [4.69, 9.17) is 19.7 Å². The quantitative estimate of drug-likeness (QED) is 0.809. The van der Waals surface area contributed by atoms with Gasteiger partial charge in [0.25, 0.3) is 0 Å². The lowest BCUT2D eigenvalue weighted by Crippen LogP contribution is -1.94. The molecule has 0 saturated heterocycles. The van der Waals surface area contributed by atoms with Crippen LogP contribution >= 0.6 is 0 Å². The molecule has 0 bridgehead atoms. The molecule has 0 fully saturated rings. The Hall–Kier alpha value is -2.14. The molecule has 0 aromatic heterocycles. The van der Waals surface area contributed by atoms with E-state index in [1.54, 1.807) is 26.4 Å². The van der Waals surface area contributed by atoms with Gasteiger partial charge in [0.2, 0.25) is 0 Å². The van der Waals surface area contributed by atoms with Crippen molar-refractivity contribution in [3.05, 3.63) is 23.3 Å². The van der Waals surface area contributed by atoms with Gasteiger partial charge in [-0.05, 0) is 0 Å². The number of ether oxygens (including phenoxy) is 2. The summed E-state index contributed by atoms with van der Waals surface area (Å²) in [4.78, 5) is 0. The van der Waals surface area contributed by atoms with Crippen molar-refractivity contribution in [2.45, 2.75) is 12.8 Å². The fourth-order valence-electron chi connectivity index (χ4n) is 1.51. The van der Waals surface area contributed by atoms with E-state index >= 15 is 0 Å². The van der Waals surface area contributed by atoms with Crippen LogP contribution in [0.5, 0.6) is 11.5 Å². The second-order valence-corrected chi connectivity index (χ2v) is 3.80. The maximum Gasteiger partial charge on any atom is 0.162 e. The zero-order valence-corrected chi connectivity index (χ0v) is 11.7. The van der Waals surface area contributed by atoms with Crippen LogP contribution in [0.1, 0.15) is 24.0 Å². The number of methoxy groups -OCH3 is 2. The Bertz CT molecular complexity index is 505. The van der Waals surface area contributed by atoms with Crippen molar-refractivity contribution in [3.63, 3.8) is 0 Å². The molecular formula is C16H18O4. The molecule has 0 atom stereocenters. The maximum absolute atomic E-state index is 8.77. The van der Waals surface area contributed by atoms with Gasteiger partial charge < -0.3 is 19.7 Å². The van der Waals surface area contributed by atoms with Gasteiger partial charge in [-0.1, -0.05) is 23.7 Å². The molecule has 0 amide bonds. The van der Waals surface area contributed by atoms with Gasteiger partial charge in [0.05, 0.1) is 27.4 Å². The van der Waals surface area contributed by atoms with Gasteiger partial charge in [-0.3, -0.25) is 0 Å². The molecule has 1 aromatic carbocycles. The molecule has 0 aliphatic rings. The lowest BCUT2D eigenvalue weighted by molar-refractivity contribution is 0.304. The van der Waals surface area contributed by atoms with Crippen LogP contribution in [0.25, 0.3) is 0 Å². The Morgan fingerprint density at radius 3 is 1.55 bits per heavy atom. The number of benzene rings is 1. The number of aliphatic hydroxyl groups is 2. The van der Waals surface area contributed by atoms with E-state index in [1.807, 2.05) is 0 Å². The summed E-state index contributed by atoms with van der Waals surface area (Å²) in [6.45, 7) is 0.0393. The summed E-state index contributed by atoms with van der Waals surface area (Å²) in [5, 5.41) is 17.5. The first-order valence-corrected chi connectivity index (χ1v) is 6.22. The fraction of sp³-hybridized carbons (Fsp3) is 0.375. The fourth-order valence-corrected chi connectivity index (χ4v) is 1.51. The molecule has 0 aliphatic carbocycles. The van der Waals surface area contributed by atoms with Crippen molar-refractivity contribution in [2.24, 2.45) is 0 Å². The largest absolute Gasteiger partial charge is 0.493 e. The molecule has 0 unspecified atom stereocenters. The molecule has 0 radical (unpaired) electrons. The highest BCUT2D eigenvalue weighted by atomic mass is 16.5. The lowest BCUT2D eigenvalue weighted by Gasteiger charge is -2.09. The normalized spacial score (nSPS) is 9.00. The molecule has 0 heterocycles. The minimum absolute atomic E-state index is 0.0197. The average Bonchev–Trinajstić information content (AvgIpc) is 2.48. The highest BCUT2D eigenvalue weighted by molar-refractivity contribution is 5.58. The topological polar surface area (TPSA) is 58.9 Å². The second kappa shape index (κ2) is 8.87. The van der Waals surface area contributed by atoms with E-state index in [0.717, 1.165) is 0 Å². The molecule has 0 spiro atoms. The zero-order valence-electron chi connectivity index (χ0n) is 11.7. The smallest absolute Gasteiger partial charge is 0.162 e. The summed E-state index contributed by atoms with van der Waals surface area (Å²) >= 11 is 0. The summed E-state index contributed by atoms with van der Waals surface area (Å²) in [6, 6.07) is 3.51. The predicted molar refractivity (Wildman–Crippen MR) is 76.7 cm³/mol. The first-order valence-electron chi connectivity index (χ1n) is 6.22. The van der Waals surface area contributed by atoms with Crippen LogP contribution in [0.2, 0.25) is 0 Å². The lowest BCUT2D eigenvalue weighted by atomic mass is 10.1. The van der Waals surface area contributed by atoms with E-state index in [0.29, 0.717) is 35.5 Å². The maximum atomic E-state index is 8.77. The summed E-state index contributed by atoms with van der Waals surface area (Å²) in [7, 11) is 3.11. The average molecular weight is 274 g/mol. The first kappa shape index (κ1) is 15.9. The molecule has 1 rings (SSSR count). The van der Waals surface area contributed by atoms with Crippen LogP contribution in [-0.2, 0) is 0 Å². The minimum Gasteiger partial charge on any atom is -0.493 e. The highest BCUT2D eigenvalue weighted by Gasteiger charge is 2.08. The van der Waals surface area contributed by atoms with Crippen LogP contribution < -0.4 is 9.47 Å². The van der Waals surface area contributed by atoms with Crippen molar-refractivity contribution in [3.8, 4) is 35.2 Å². The third-order valence-corrected chi connectivity index (χ3v) is 2.44. The first-order chi connectivity index (χ1) is 9.76. The summed E-state index contributed by atoms with van der Waals surface area (Å²) in [5.74, 6) is 12.8. The summed E-state index contributed by atoms with van der Waals surface area (Å²) in [6.07, 6.45) is 0.801. The zero-order chi connectivity index (χ0) is 14.8. The Morgan fingerprint density at radius 1 is 0.850 bits per heavy atom. The van der Waals surface area contributed by atoms with E-state index < -0.39 is 0 Å². The standard InChI is InChI=1S/C16H18O4/c1-19-15-11-13(7-3-5-9-17)14(8-4-6-10-18)12-16(15)20-2/h11-12,17-18H,5-6,9-10H2,1-2H3. The van der Waals surface area contributed by atoms with E-state index in [9.17, 15) is 0 Å². The number of aliphatic hydroxyl groups excluding tert-OH is 2. The van der Waals surface area contributed by atoms with Crippen molar-refractivity contribution in [1.29, 1.82) is 0 Å². The van der Waals surface area contributed by atoms with E-state index in [-0.39, 0.29) is 13.2 Å². The third-order valence-electron chi connectivity index (χ3n) is 2.44. The monoisotopic (exact) mass is 274 g/mol. The molecule has 20 heavy (non-hydrogen) atoms. The van der Waals surface area contributed by atoms with Gasteiger partial charge >= 0.3 is 0 Å². The molecule has 0 saturated carbocycles. The predicted octanol–water partition coefficient (Wildman–Crippen LogP) is 1.17. The van der Waals surface area contributed by atoms with E-state index in [1.165, 1.54) is 0 Å². The van der Waals surface area contributed by atoms with Crippen molar-refractivity contribution < 1.29 is 19.7 Å². The number of rotatable bonds is 4. The van der Waals surface area contributed by atoms with Crippen LogP contribution in [0.3, 0.4) is 0 Å². The Morgan fingerprint density at radius 2 is 1.25 bits per heavy atom. The number of hydrogen-bond acceptors (Lipinski definition) is 4. The Labute approximate surface area is 119 Å². The van der Waals surface area contributed by atoms with Crippen LogP contribution in [0, 0.1) is 23.7 Å². The SMILES string of the molecule is COc1cc(C#CCCO)c(C#CCCO)cc1OC. The summed E-state index contributed by atoms with van der Waals surface area (Å²) < 4.78 is 10.5. The Balaban J connectivity index is 3.23. The van der Waals surface area contributed by atoms with Gasteiger partial charge in [0.15, 0.2) is 11.5 Å². The highest BCUT2D eigenvalue weighted by Crippen LogP contribution is 2.29. The van der Waals surface area contributed by atoms with Crippen molar-refractivity contribution in [1.82, 2.24) is 0 Å². The van der Waals surface area contributed by atoms with Gasteiger partial charge in [0.1, 0.15) is 0 Å². The number of hydrogen-bond donors (Lipinski definition) is 2. The molecule has 4 nitrogen and oxygen atoms in total. The second-order valence-electron chi connectivity index (χ2n) is 3.80. The molecule has 2 N–H and O–H groups in total. The van der Waals surface area contributed by atoms with Crippen LogP contribution in [-0.4, -0.2) is 37.6 Å². The molecule has 0 aliphatic heterocycles. The van der Waals surface area contributed by atoms with Gasteiger partial charge in [-0.2, -0.15) is 0 Å². The Kier molecular flexibility index (Phi) is 7.06. The van der Waals surface area contributed by atoms with Gasteiger partial charge in [-0.15, -0.1) is 0 Å². The third kappa shape index (κ3) is 4.51.